The molecule has 2 aromatic carbocycles. The van der Waals surface area contributed by atoms with Crippen LogP contribution in [-0.2, 0) is 67.0 Å². The molecule has 0 amide bonds. The van der Waals surface area contributed by atoms with Gasteiger partial charge >= 0.3 is 23.9 Å². The number of piperidine rings is 1. The lowest BCUT2D eigenvalue weighted by molar-refractivity contribution is -0.286. The second kappa shape index (κ2) is 18.9. The van der Waals surface area contributed by atoms with Crippen molar-refractivity contribution in [2.75, 3.05) is 19.7 Å². The van der Waals surface area contributed by atoms with Gasteiger partial charge < -0.3 is 38.3 Å². The van der Waals surface area contributed by atoms with Crippen LogP contribution >= 0.6 is 34.8 Å². The van der Waals surface area contributed by atoms with Gasteiger partial charge in [0.05, 0.1) is 6.61 Å². The van der Waals surface area contributed by atoms with Gasteiger partial charge in [-0.05, 0) is 74.7 Å². The topological polar surface area (TPSA) is 180 Å². The highest BCUT2D eigenvalue weighted by atomic mass is 35.6. The van der Waals surface area contributed by atoms with Crippen LogP contribution in [0.15, 0.2) is 42.5 Å². The minimum absolute atomic E-state index is 0.0308. The summed E-state index contributed by atoms with van der Waals surface area (Å²) in [6.45, 7) is 5.17. The second-order valence-electron chi connectivity index (χ2n) is 13.7. The summed E-state index contributed by atoms with van der Waals surface area (Å²) >= 11 is 17.3. The Morgan fingerprint density at radius 3 is 2.24 bits per heavy atom. The number of hydrogen-bond donors (Lipinski definition) is 2. The Morgan fingerprint density at radius 1 is 0.891 bits per heavy atom. The van der Waals surface area contributed by atoms with E-state index in [1.807, 2.05) is 42.5 Å². The van der Waals surface area contributed by atoms with Gasteiger partial charge in [-0.25, -0.2) is 4.79 Å². The van der Waals surface area contributed by atoms with Crippen molar-refractivity contribution in [3.63, 3.8) is 0 Å². The minimum Gasteiger partial charge on any atom is -0.504 e. The average molecular weight is 828 g/mol. The molecule has 0 spiro atoms. The van der Waals surface area contributed by atoms with Gasteiger partial charge in [-0.15, -0.1) is 0 Å². The third kappa shape index (κ3) is 11.2. The Bertz CT molecular complexity index is 1710. The number of halogens is 3. The number of benzene rings is 2. The van der Waals surface area contributed by atoms with Crippen LogP contribution in [0, 0.1) is 11.3 Å². The fourth-order valence-electron chi connectivity index (χ4n) is 7.35. The monoisotopic (exact) mass is 826 g/mol. The molecule has 7 atom stereocenters. The van der Waals surface area contributed by atoms with Crippen molar-refractivity contribution < 1.29 is 57.4 Å². The minimum atomic E-state index is -2.37. The molecular formula is C38H45Cl3N2O12. The molecule has 2 aromatic rings. The summed E-state index contributed by atoms with van der Waals surface area (Å²) in [5.41, 5.74) is 3.08. The van der Waals surface area contributed by atoms with Crippen LogP contribution in [0.3, 0.4) is 0 Å². The summed E-state index contributed by atoms with van der Waals surface area (Å²) in [7, 11) is 0. The van der Waals surface area contributed by atoms with E-state index in [9.17, 15) is 24.3 Å². The smallest absolute Gasteiger partial charge is 0.339 e. The largest absolute Gasteiger partial charge is 0.504 e. The lowest BCUT2D eigenvalue weighted by Gasteiger charge is -2.45. The van der Waals surface area contributed by atoms with Gasteiger partial charge in [0, 0.05) is 32.4 Å². The van der Waals surface area contributed by atoms with Crippen molar-refractivity contribution in [3.05, 3.63) is 59.2 Å². The number of esters is 4. The number of phenolic OH excluding ortho intramolecular Hbond substituents is 1. The van der Waals surface area contributed by atoms with E-state index >= 15 is 0 Å². The summed E-state index contributed by atoms with van der Waals surface area (Å²) in [6.07, 6.45) is -3.69. The quantitative estimate of drug-likeness (QED) is 0.0659. The Balaban J connectivity index is 1.19. The molecule has 2 aliphatic heterocycles. The first-order valence-corrected chi connectivity index (χ1v) is 19.2. The molecule has 55 heavy (non-hydrogen) atoms. The summed E-state index contributed by atoms with van der Waals surface area (Å²) < 4.78 is 36.2. The number of nitrogens with zero attached hydrogens (tertiary/aromatic N) is 1. The number of fused-ring (bicyclic) bond motifs is 2. The van der Waals surface area contributed by atoms with Gasteiger partial charge in [-0.3, -0.25) is 24.7 Å². The Kier molecular flexibility index (Phi) is 14.5. The SMILES string of the molecule is CC(=O)O[C@@H]1[C@@H](OC(C)=O)[C@@H](OC(=N)C(Cl)(Cl)Cl)O[C@H](C(=O)OCCCCN2CCC[C@@H]3Cc4c(ccc(OCc5ccccc5)c4O)C[C@H]32)[C@H]1OC(C)=O. The normalized spacial score (nSPS) is 25.0. The Hall–Kier alpha value is -3.82. The van der Waals surface area contributed by atoms with E-state index in [0.29, 0.717) is 37.2 Å². The van der Waals surface area contributed by atoms with Crippen LogP contribution in [0.1, 0.15) is 63.1 Å². The molecule has 17 heteroatoms. The lowest BCUT2D eigenvalue weighted by atomic mass is 9.75. The molecule has 0 aromatic heterocycles. The maximum Gasteiger partial charge on any atom is 0.339 e. The molecule has 0 radical (unpaired) electrons. The molecule has 3 aliphatic rings. The molecule has 14 nitrogen and oxygen atoms in total. The van der Waals surface area contributed by atoms with Crippen LogP contribution < -0.4 is 4.74 Å². The number of carbonyl (C=O) groups excluding carboxylic acids is 4. The number of unbranched alkanes of at least 4 members (excludes halogenated alkanes) is 1. The zero-order valence-corrected chi connectivity index (χ0v) is 32.9. The number of carbonyl (C=O) groups is 4. The highest BCUT2D eigenvalue weighted by Gasteiger charge is 2.56. The van der Waals surface area contributed by atoms with Gasteiger partial charge in [0.1, 0.15) is 6.61 Å². The molecule has 5 rings (SSSR count). The van der Waals surface area contributed by atoms with Crippen molar-refractivity contribution in [2.45, 2.75) is 106 Å². The first-order valence-electron chi connectivity index (χ1n) is 18.0. The molecular weight excluding hydrogens is 783 g/mol. The summed E-state index contributed by atoms with van der Waals surface area (Å²) in [5.74, 6) is -3.49. The van der Waals surface area contributed by atoms with Crippen molar-refractivity contribution in [1.29, 1.82) is 5.41 Å². The highest BCUT2D eigenvalue weighted by Crippen LogP contribution is 2.42. The first-order chi connectivity index (χ1) is 26.1. The maximum atomic E-state index is 13.5. The number of phenols is 1. The number of aromatic hydroxyl groups is 1. The van der Waals surface area contributed by atoms with E-state index in [1.165, 1.54) is 0 Å². The molecule has 2 saturated heterocycles. The van der Waals surface area contributed by atoms with Crippen LogP contribution in [-0.4, -0.2) is 100 Å². The van der Waals surface area contributed by atoms with Gasteiger partial charge in [-0.1, -0.05) is 71.2 Å². The second-order valence-corrected chi connectivity index (χ2v) is 16.0. The predicted molar refractivity (Wildman–Crippen MR) is 199 cm³/mol. The highest BCUT2D eigenvalue weighted by molar-refractivity contribution is 6.76. The lowest BCUT2D eigenvalue weighted by Crippen LogP contribution is -2.64. The molecule has 0 bridgehead atoms. The number of likely N-dealkylation sites (tertiary alicyclic amines) is 1. The number of nitrogens with one attached hydrogen (secondary N) is 1. The molecule has 1 aliphatic carbocycles. The fraction of sp³-hybridized carbons (Fsp3) is 0.553. The van der Waals surface area contributed by atoms with E-state index in [1.54, 1.807) is 0 Å². The van der Waals surface area contributed by atoms with Gasteiger partial charge in [0.25, 0.3) is 3.79 Å². The van der Waals surface area contributed by atoms with Crippen molar-refractivity contribution in [1.82, 2.24) is 4.90 Å². The van der Waals surface area contributed by atoms with Crippen molar-refractivity contribution >= 4 is 64.6 Å². The van der Waals surface area contributed by atoms with Gasteiger partial charge in [-0.2, -0.15) is 0 Å². The molecule has 2 fully saturated rings. The third-order valence-electron chi connectivity index (χ3n) is 9.72. The van der Waals surface area contributed by atoms with E-state index in [4.69, 9.17) is 73.4 Å². The standard InChI is InChI=1S/C38H45Cl3N2O12/c1-21(44)51-31-32(52-22(2)45)34(53-23(3)46)36(55-37(42)38(39,40)41)54-33(31)35(48)49-17-8-7-15-43-16-9-12-26-18-27-25(19-28(26)43)13-14-29(30(27)47)50-20-24-10-5-4-6-11-24/h4-6,10-11,13-14,26,28,31-34,36,42,47H,7-9,12,15-20H2,1-3H3/t26-,28-,31+,32+,33+,34-,36-/m1/s1. The number of hydrogen-bond acceptors (Lipinski definition) is 14. The zero-order chi connectivity index (χ0) is 39.9. The van der Waals surface area contributed by atoms with E-state index < -0.39 is 64.3 Å². The van der Waals surface area contributed by atoms with Gasteiger partial charge in [0.15, 0.2) is 29.8 Å². The summed E-state index contributed by atoms with van der Waals surface area (Å²) in [6, 6.07) is 14.0. The average Bonchev–Trinajstić information content (AvgIpc) is 3.12. The number of ether oxygens (including phenoxy) is 7. The van der Waals surface area contributed by atoms with Crippen LogP contribution in [0.5, 0.6) is 11.5 Å². The van der Waals surface area contributed by atoms with E-state index in [0.717, 1.165) is 76.2 Å². The maximum absolute atomic E-state index is 13.5. The Morgan fingerprint density at radius 2 is 1.56 bits per heavy atom. The summed E-state index contributed by atoms with van der Waals surface area (Å²) in [5, 5.41) is 19.2. The molecule has 0 saturated carbocycles. The first kappa shape index (κ1) is 42.3. The van der Waals surface area contributed by atoms with E-state index in [-0.39, 0.29) is 12.4 Å². The number of rotatable bonds is 13. The van der Waals surface area contributed by atoms with Crippen LogP contribution in [0.4, 0.5) is 0 Å². The predicted octanol–water partition coefficient (Wildman–Crippen LogP) is 5.36. The fourth-order valence-corrected chi connectivity index (χ4v) is 7.49. The van der Waals surface area contributed by atoms with Gasteiger partial charge in [0.2, 0.25) is 18.3 Å². The number of alkyl halides is 3. The molecule has 2 N–H and O–H groups in total. The Labute approximate surface area is 334 Å². The van der Waals surface area contributed by atoms with Crippen LogP contribution in [0.25, 0.3) is 0 Å². The molecule has 2 heterocycles. The van der Waals surface area contributed by atoms with Crippen LogP contribution in [0.2, 0.25) is 0 Å². The third-order valence-corrected chi connectivity index (χ3v) is 10.2. The van der Waals surface area contributed by atoms with E-state index in [2.05, 4.69) is 4.90 Å². The summed E-state index contributed by atoms with van der Waals surface area (Å²) in [4.78, 5) is 52.3. The molecule has 0 unspecified atom stereocenters. The molecule has 300 valence electrons. The van der Waals surface area contributed by atoms with Crippen molar-refractivity contribution in [2.24, 2.45) is 5.92 Å². The van der Waals surface area contributed by atoms with Crippen molar-refractivity contribution in [3.8, 4) is 11.5 Å². The zero-order valence-electron chi connectivity index (χ0n) is 30.7.